The summed E-state index contributed by atoms with van der Waals surface area (Å²) in [6.07, 6.45) is 6.97. The Kier molecular flexibility index (Phi) is 14.6. The second-order valence-corrected chi connectivity index (χ2v) is 5.95. The van der Waals surface area contributed by atoms with E-state index in [1.807, 2.05) is 20.8 Å². The van der Waals surface area contributed by atoms with E-state index in [0.29, 0.717) is 18.9 Å². The van der Waals surface area contributed by atoms with Crippen LogP contribution >= 0.6 is 11.6 Å². The monoisotopic (exact) mass is 348 g/mol. The molecule has 0 N–H and O–H groups in total. The smallest absolute Gasteiger partial charge is 0.306 e. The number of allylic oxidation sites excluding steroid dienone is 2. The number of halogens is 1. The molecule has 0 aromatic heterocycles. The van der Waals surface area contributed by atoms with Crippen molar-refractivity contribution in [2.45, 2.75) is 78.6 Å². The predicted molar refractivity (Wildman–Crippen MR) is 94.8 cm³/mol. The summed E-state index contributed by atoms with van der Waals surface area (Å²) in [7, 11) is 0. The van der Waals surface area contributed by atoms with Gasteiger partial charge in [-0.15, -0.1) is 11.6 Å². The lowest BCUT2D eigenvalue weighted by molar-refractivity contribution is -0.156. The van der Waals surface area contributed by atoms with Gasteiger partial charge in [-0.2, -0.15) is 0 Å². The van der Waals surface area contributed by atoms with E-state index in [-0.39, 0.29) is 18.4 Å². The van der Waals surface area contributed by atoms with Crippen molar-refractivity contribution in [1.82, 2.24) is 0 Å². The lowest BCUT2D eigenvalue weighted by atomic mass is 10.1. The van der Waals surface area contributed by atoms with Crippen molar-refractivity contribution in [3.63, 3.8) is 0 Å². The molecule has 0 saturated heterocycles. The largest absolute Gasteiger partial charge is 0.466 e. The van der Waals surface area contributed by atoms with Crippen molar-refractivity contribution in [2.75, 3.05) is 19.1 Å². The van der Waals surface area contributed by atoms with Crippen LogP contribution in [0.3, 0.4) is 0 Å². The van der Waals surface area contributed by atoms with Crippen LogP contribution in [-0.2, 0) is 19.0 Å². The quantitative estimate of drug-likeness (QED) is 0.148. The Morgan fingerprint density at radius 1 is 1.26 bits per heavy atom. The van der Waals surface area contributed by atoms with Crippen LogP contribution in [-0.4, -0.2) is 37.5 Å². The summed E-state index contributed by atoms with van der Waals surface area (Å²) in [4.78, 5) is 11.3. The Balaban J connectivity index is 3.95. The van der Waals surface area contributed by atoms with Gasteiger partial charge in [0, 0.05) is 18.9 Å². The lowest BCUT2D eigenvalue weighted by Gasteiger charge is -2.20. The molecule has 4 nitrogen and oxygen atoms in total. The van der Waals surface area contributed by atoms with Gasteiger partial charge in [0.05, 0.1) is 12.7 Å². The number of carbonyl (C=O) groups is 1. The summed E-state index contributed by atoms with van der Waals surface area (Å²) in [6.45, 7) is 9.06. The van der Waals surface area contributed by atoms with E-state index in [2.05, 4.69) is 13.0 Å². The third-order valence-corrected chi connectivity index (χ3v) is 3.76. The first-order valence-corrected chi connectivity index (χ1v) is 9.21. The maximum Gasteiger partial charge on any atom is 0.306 e. The lowest BCUT2D eigenvalue weighted by Crippen LogP contribution is -2.24. The number of hydrogen-bond donors (Lipinski definition) is 0. The van der Waals surface area contributed by atoms with Crippen LogP contribution in [0.15, 0.2) is 11.6 Å². The summed E-state index contributed by atoms with van der Waals surface area (Å²) in [6, 6.07) is 0. The van der Waals surface area contributed by atoms with Gasteiger partial charge in [-0.3, -0.25) is 4.79 Å². The minimum atomic E-state index is -0.223. The molecule has 0 bridgehead atoms. The molecule has 0 aliphatic heterocycles. The van der Waals surface area contributed by atoms with Crippen LogP contribution in [0.25, 0.3) is 0 Å². The summed E-state index contributed by atoms with van der Waals surface area (Å²) < 4.78 is 16.3. The number of rotatable bonds is 14. The molecule has 0 spiro atoms. The van der Waals surface area contributed by atoms with E-state index in [0.717, 1.165) is 38.7 Å². The third kappa shape index (κ3) is 13.5. The Morgan fingerprint density at radius 2 is 2.00 bits per heavy atom. The molecule has 0 aromatic rings. The molecule has 0 aromatic carbocycles. The van der Waals surface area contributed by atoms with Crippen LogP contribution in [0.4, 0.5) is 0 Å². The van der Waals surface area contributed by atoms with Crippen molar-refractivity contribution in [3.05, 3.63) is 11.6 Å². The molecule has 0 aliphatic rings. The Morgan fingerprint density at radius 3 is 2.61 bits per heavy atom. The first-order valence-electron chi connectivity index (χ1n) is 8.67. The molecule has 2 unspecified atom stereocenters. The van der Waals surface area contributed by atoms with Gasteiger partial charge < -0.3 is 14.2 Å². The summed E-state index contributed by atoms with van der Waals surface area (Å²) in [5.41, 5.74) is 1.19. The average Bonchev–Trinajstić information content (AvgIpc) is 2.52. The van der Waals surface area contributed by atoms with Gasteiger partial charge in [0.2, 0.25) is 0 Å². The molecule has 0 amide bonds. The highest BCUT2D eigenvalue weighted by molar-refractivity contribution is 6.18. The zero-order valence-corrected chi connectivity index (χ0v) is 15.9. The van der Waals surface area contributed by atoms with Crippen molar-refractivity contribution in [1.29, 1.82) is 0 Å². The van der Waals surface area contributed by atoms with Crippen LogP contribution in [0.1, 0.15) is 66.2 Å². The molecular formula is C18H33ClO4. The second kappa shape index (κ2) is 15.0. The molecular weight excluding hydrogens is 316 g/mol. The van der Waals surface area contributed by atoms with Crippen LogP contribution in [0.5, 0.6) is 0 Å². The number of ether oxygens (including phenoxy) is 3. The molecule has 23 heavy (non-hydrogen) atoms. The normalized spacial score (nSPS) is 14.6. The first kappa shape index (κ1) is 22.4. The highest BCUT2D eigenvalue weighted by Gasteiger charge is 2.12. The zero-order chi connectivity index (χ0) is 17.5. The van der Waals surface area contributed by atoms with Crippen molar-refractivity contribution in [2.24, 2.45) is 0 Å². The molecule has 136 valence electrons. The van der Waals surface area contributed by atoms with Crippen LogP contribution in [0, 0.1) is 0 Å². The van der Waals surface area contributed by atoms with E-state index < -0.39 is 0 Å². The molecule has 5 heteroatoms. The van der Waals surface area contributed by atoms with E-state index >= 15 is 0 Å². The van der Waals surface area contributed by atoms with Crippen LogP contribution < -0.4 is 0 Å². The van der Waals surface area contributed by atoms with Crippen molar-refractivity contribution < 1.29 is 19.0 Å². The molecule has 0 aliphatic carbocycles. The van der Waals surface area contributed by atoms with Crippen molar-refractivity contribution >= 4 is 17.6 Å². The average molecular weight is 349 g/mol. The fourth-order valence-corrected chi connectivity index (χ4v) is 2.26. The van der Waals surface area contributed by atoms with Gasteiger partial charge in [-0.25, -0.2) is 0 Å². The standard InChI is InChI=1S/C18H33ClO4/c1-5-7-13-22-16(4)23-17(14-19)10-8-9-15(3)11-12-18(20)21-6-2/h9,16-17H,5-8,10-14H2,1-4H3. The van der Waals surface area contributed by atoms with Gasteiger partial charge in [0.1, 0.15) is 0 Å². The van der Waals surface area contributed by atoms with E-state index in [1.54, 1.807) is 0 Å². The molecule has 0 heterocycles. The maximum absolute atomic E-state index is 11.3. The van der Waals surface area contributed by atoms with Crippen LogP contribution in [0.2, 0.25) is 0 Å². The SMILES string of the molecule is CCCCOC(C)OC(CCl)CCC=C(C)CCC(=O)OCC. The number of hydrogen-bond acceptors (Lipinski definition) is 4. The van der Waals surface area contributed by atoms with E-state index in [9.17, 15) is 4.79 Å². The fourth-order valence-electron chi connectivity index (χ4n) is 2.04. The van der Waals surface area contributed by atoms with Gasteiger partial charge in [-0.1, -0.05) is 25.0 Å². The van der Waals surface area contributed by atoms with Crippen molar-refractivity contribution in [3.8, 4) is 0 Å². The number of carbonyl (C=O) groups excluding carboxylic acids is 1. The topological polar surface area (TPSA) is 44.8 Å². The fraction of sp³-hybridized carbons (Fsp3) is 0.833. The summed E-state index contributed by atoms with van der Waals surface area (Å²) >= 11 is 5.96. The number of unbranched alkanes of at least 4 members (excludes halogenated alkanes) is 1. The zero-order valence-electron chi connectivity index (χ0n) is 15.1. The third-order valence-electron chi connectivity index (χ3n) is 3.42. The maximum atomic E-state index is 11.3. The van der Waals surface area contributed by atoms with E-state index in [1.165, 1.54) is 5.57 Å². The molecule has 0 rings (SSSR count). The Labute approximate surface area is 146 Å². The highest BCUT2D eigenvalue weighted by Crippen LogP contribution is 2.13. The first-order chi connectivity index (χ1) is 11.0. The van der Waals surface area contributed by atoms with Gasteiger partial charge in [0.15, 0.2) is 6.29 Å². The van der Waals surface area contributed by atoms with Gasteiger partial charge in [-0.05, 0) is 46.5 Å². The minimum Gasteiger partial charge on any atom is -0.466 e. The Hall–Kier alpha value is -0.580. The van der Waals surface area contributed by atoms with Gasteiger partial charge in [0.25, 0.3) is 0 Å². The highest BCUT2D eigenvalue weighted by atomic mass is 35.5. The van der Waals surface area contributed by atoms with Gasteiger partial charge >= 0.3 is 5.97 Å². The van der Waals surface area contributed by atoms with E-state index in [4.69, 9.17) is 25.8 Å². The number of esters is 1. The predicted octanol–water partition coefficient (Wildman–Crippen LogP) is 4.84. The Bertz CT molecular complexity index is 331. The summed E-state index contributed by atoms with van der Waals surface area (Å²) in [5, 5.41) is 0. The second-order valence-electron chi connectivity index (χ2n) is 5.64. The molecule has 2 atom stereocenters. The molecule has 0 radical (unpaired) electrons. The molecule has 0 saturated carbocycles. The minimum absolute atomic E-state index is 0.0117. The number of alkyl halides is 1. The summed E-state index contributed by atoms with van der Waals surface area (Å²) in [5.74, 6) is 0.317. The molecule has 0 fully saturated rings.